The first-order chi connectivity index (χ1) is 8.15. The fourth-order valence-corrected chi connectivity index (χ4v) is 3.42. The maximum Gasteiger partial charge on any atom is 0.0698 e. The van der Waals surface area contributed by atoms with E-state index in [1.165, 1.54) is 20.9 Å². The molecule has 1 heterocycles. The van der Waals surface area contributed by atoms with Gasteiger partial charge < -0.3 is 5.11 Å². The number of aryl methyl sites for hydroxylation is 1. The van der Waals surface area contributed by atoms with Crippen molar-refractivity contribution in [1.29, 1.82) is 0 Å². The second kappa shape index (κ2) is 5.03. The van der Waals surface area contributed by atoms with Gasteiger partial charge in [0, 0.05) is 15.3 Å². The first-order valence-electron chi connectivity index (χ1n) is 5.93. The molecule has 0 saturated carbocycles. The van der Waals surface area contributed by atoms with Crippen LogP contribution >= 0.6 is 11.3 Å². The van der Waals surface area contributed by atoms with Crippen molar-refractivity contribution < 1.29 is 5.11 Å². The maximum atomic E-state index is 9.63. The minimum Gasteiger partial charge on any atom is -0.392 e. The Balaban J connectivity index is 2.62. The zero-order valence-electron chi connectivity index (χ0n) is 10.5. The van der Waals surface area contributed by atoms with Gasteiger partial charge in [-0.3, -0.25) is 0 Å². The van der Waals surface area contributed by atoms with Crippen molar-refractivity contribution in [1.82, 2.24) is 0 Å². The van der Waals surface area contributed by atoms with Gasteiger partial charge >= 0.3 is 0 Å². The number of aliphatic hydroxyl groups is 1. The lowest BCUT2D eigenvalue weighted by atomic mass is 9.98. The summed E-state index contributed by atoms with van der Waals surface area (Å²) in [4.78, 5) is 2.60. The topological polar surface area (TPSA) is 20.2 Å². The summed E-state index contributed by atoms with van der Waals surface area (Å²) in [5, 5.41) is 9.63. The average molecular weight is 246 g/mol. The largest absolute Gasteiger partial charge is 0.392 e. The molecular weight excluding hydrogens is 228 g/mol. The second-order valence-corrected chi connectivity index (χ2v) is 5.81. The van der Waals surface area contributed by atoms with E-state index in [4.69, 9.17) is 0 Å². The highest BCUT2D eigenvalue weighted by atomic mass is 32.1. The number of thiophene rings is 1. The first kappa shape index (κ1) is 12.3. The van der Waals surface area contributed by atoms with E-state index in [1.54, 1.807) is 0 Å². The van der Waals surface area contributed by atoms with Gasteiger partial charge in [-0.25, -0.2) is 0 Å². The van der Waals surface area contributed by atoms with Gasteiger partial charge in [0.05, 0.1) is 6.61 Å². The van der Waals surface area contributed by atoms with Crippen LogP contribution in [0.1, 0.15) is 35.1 Å². The summed E-state index contributed by atoms with van der Waals surface area (Å²) >= 11 is 1.81. The molecule has 0 spiro atoms. The number of aliphatic hydroxyl groups excluding tert-OH is 1. The number of hydrogen-bond donors (Lipinski definition) is 1. The van der Waals surface area contributed by atoms with Gasteiger partial charge in [-0.05, 0) is 24.0 Å². The van der Waals surface area contributed by atoms with Gasteiger partial charge in [0.15, 0.2) is 0 Å². The second-order valence-electron chi connectivity index (χ2n) is 4.55. The van der Waals surface area contributed by atoms with E-state index < -0.39 is 0 Å². The molecule has 0 aliphatic heterocycles. The molecule has 90 valence electrons. The molecule has 0 bridgehead atoms. The lowest BCUT2D eigenvalue weighted by molar-refractivity contribution is 0.281. The standard InChI is InChI=1S/C15H18OS/c1-10(2)15-13(9-16)14(11(3)17-15)12-7-5-4-6-8-12/h4-8,10,16H,9H2,1-3H3. The number of benzene rings is 1. The molecular formula is C15H18OS. The molecule has 17 heavy (non-hydrogen) atoms. The lowest BCUT2D eigenvalue weighted by Gasteiger charge is -2.07. The Morgan fingerprint density at radius 1 is 1.18 bits per heavy atom. The van der Waals surface area contributed by atoms with Crippen molar-refractivity contribution in [3.63, 3.8) is 0 Å². The maximum absolute atomic E-state index is 9.63. The Kier molecular flexibility index (Phi) is 3.65. The quantitative estimate of drug-likeness (QED) is 0.854. The molecule has 0 atom stereocenters. The van der Waals surface area contributed by atoms with Crippen LogP contribution in [0.5, 0.6) is 0 Å². The van der Waals surface area contributed by atoms with Crippen molar-refractivity contribution in [3.05, 3.63) is 45.6 Å². The third-order valence-corrected chi connectivity index (χ3v) is 4.41. The molecule has 1 aromatic heterocycles. The summed E-state index contributed by atoms with van der Waals surface area (Å²) in [6, 6.07) is 10.3. The molecule has 0 fully saturated rings. The Bertz CT molecular complexity index is 497. The summed E-state index contributed by atoms with van der Waals surface area (Å²) in [5.41, 5.74) is 3.53. The summed E-state index contributed by atoms with van der Waals surface area (Å²) in [6.45, 7) is 6.62. The van der Waals surface area contributed by atoms with E-state index in [0.717, 1.165) is 5.56 Å². The highest BCUT2D eigenvalue weighted by Crippen LogP contribution is 2.39. The van der Waals surface area contributed by atoms with E-state index >= 15 is 0 Å². The van der Waals surface area contributed by atoms with Gasteiger partial charge in [0.25, 0.3) is 0 Å². The normalized spacial score (nSPS) is 11.1. The molecule has 0 unspecified atom stereocenters. The van der Waals surface area contributed by atoms with Crippen LogP contribution in [0.2, 0.25) is 0 Å². The van der Waals surface area contributed by atoms with Gasteiger partial charge in [0.1, 0.15) is 0 Å². The fourth-order valence-electron chi connectivity index (χ4n) is 2.22. The van der Waals surface area contributed by atoms with Crippen LogP contribution < -0.4 is 0 Å². The monoisotopic (exact) mass is 246 g/mol. The van der Waals surface area contributed by atoms with Gasteiger partial charge in [-0.15, -0.1) is 11.3 Å². The van der Waals surface area contributed by atoms with Crippen LogP contribution in [0.25, 0.3) is 11.1 Å². The molecule has 1 nitrogen and oxygen atoms in total. The lowest BCUT2D eigenvalue weighted by Crippen LogP contribution is -1.93. The SMILES string of the molecule is Cc1sc(C(C)C)c(CO)c1-c1ccccc1. The Morgan fingerprint density at radius 3 is 2.35 bits per heavy atom. The van der Waals surface area contributed by atoms with E-state index in [9.17, 15) is 5.11 Å². The van der Waals surface area contributed by atoms with E-state index in [1.807, 2.05) is 29.5 Å². The molecule has 0 saturated heterocycles. The van der Waals surface area contributed by atoms with Crippen LogP contribution in [0.15, 0.2) is 30.3 Å². The van der Waals surface area contributed by atoms with Crippen molar-refractivity contribution in [2.45, 2.75) is 33.3 Å². The number of hydrogen-bond acceptors (Lipinski definition) is 2. The van der Waals surface area contributed by atoms with Crippen molar-refractivity contribution in [2.24, 2.45) is 0 Å². The van der Waals surface area contributed by atoms with Gasteiger partial charge in [-0.1, -0.05) is 44.2 Å². The zero-order valence-corrected chi connectivity index (χ0v) is 11.3. The smallest absolute Gasteiger partial charge is 0.0698 e. The van der Waals surface area contributed by atoms with Crippen molar-refractivity contribution in [3.8, 4) is 11.1 Å². The minimum atomic E-state index is 0.127. The van der Waals surface area contributed by atoms with Crippen LogP contribution in [-0.4, -0.2) is 5.11 Å². The Labute approximate surface area is 107 Å². The molecule has 1 N–H and O–H groups in total. The van der Waals surface area contributed by atoms with E-state index in [-0.39, 0.29) is 6.61 Å². The summed E-state index contributed by atoms with van der Waals surface area (Å²) in [6.07, 6.45) is 0. The van der Waals surface area contributed by atoms with Crippen molar-refractivity contribution in [2.75, 3.05) is 0 Å². The highest BCUT2D eigenvalue weighted by molar-refractivity contribution is 7.12. The van der Waals surface area contributed by atoms with Crippen LogP contribution in [0.3, 0.4) is 0 Å². The summed E-state index contributed by atoms with van der Waals surface area (Å²) in [5.74, 6) is 0.471. The molecule has 2 rings (SSSR count). The molecule has 0 aliphatic rings. The molecule has 2 heteroatoms. The first-order valence-corrected chi connectivity index (χ1v) is 6.75. The Morgan fingerprint density at radius 2 is 1.82 bits per heavy atom. The third-order valence-electron chi connectivity index (χ3n) is 2.96. The molecule has 0 aliphatic carbocycles. The molecule has 0 amide bonds. The van der Waals surface area contributed by atoms with E-state index in [2.05, 4.69) is 32.9 Å². The molecule has 0 radical (unpaired) electrons. The Hall–Kier alpha value is -1.12. The fraction of sp³-hybridized carbons (Fsp3) is 0.333. The zero-order chi connectivity index (χ0) is 12.4. The third kappa shape index (κ3) is 2.28. The van der Waals surface area contributed by atoms with Crippen LogP contribution in [-0.2, 0) is 6.61 Å². The summed E-state index contributed by atoms with van der Waals surface area (Å²) in [7, 11) is 0. The highest BCUT2D eigenvalue weighted by Gasteiger charge is 2.17. The van der Waals surface area contributed by atoms with Crippen LogP contribution in [0.4, 0.5) is 0 Å². The number of rotatable bonds is 3. The average Bonchev–Trinajstić information content (AvgIpc) is 2.67. The van der Waals surface area contributed by atoms with Gasteiger partial charge in [0.2, 0.25) is 0 Å². The van der Waals surface area contributed by atoms with Gasteiger partial charge in [-0.2, -0.15) is 0 Å². The molecule has 2 aromatic rings. The summed E-state index contributed by atoms with van der Waals surface area (Å²) < 4.78 is 0. The van der Waals surface area contributed by atoms with Crippen molar-refractivity contribution >= 4 is 11.3 Å². The predicted molar refractivity (Wildman–Crippen MR) is 74.5 cm³/mol. The van der Waals surface area contributed by atoms with Crippen LogP contribution in [0, 0.1) is 6.92 Å². The van der Waals surface area contributed by atoms with E-state index in [0.29, 0.717) is 5.92 Å². The predicted octanol–water partition coefficient (Wildman–Crippen LogP) is 4.34. The minimum absolute atomic E-state index is 0.127. The molecule has 1 aromatic carbocycles.